The van der Waals surface area contributed by atoms with E-state index in [1.54, 1.807) is 24.3 Å². The van der Waals surface area contributed by atoms with Gasteiger partial charge in [0.2, 0.25) is 0 Å². The van der Waals surface area contributed by atoms with E-state index >= 15 is 0 Å². The summed E-state index contributed by atoms with van der Waals surface area (Å²) in [4.78, 5) is 34.7. The number of rotatable bonds is 4. The fourth-order valence-electron chi connectivity index (χ4n) is 1.68. The van der Waals surface area contributed by atoms with Gasteiger partial charge in [-0.3, -0.25) is 9.59 Å². The van der Waals surface area contributed by atoms with Crippen LogP contribution in [0.15, 0.2) is 54.6 Å². The quantitative estimate of drug-likeness (QED) is 0.658. The summed E-state index contributed by atoms with van der Waals surface area (Å²) >= 11 is 0. The van der Waals surface area contributed by atoms with Crippen LogP contribution in [0, 0.1) is 0 Å². The van der Waals surface area contributed by atoms with E-state index in [9.17, 15) is 14.4 Å². The van der Waals surface area contributed by atoms with Gasteiger partial charge < -0.3 is 10.4 Å². The Morgan fingerprint density at radius 1 is 0.850 bits per heavy atom. The standard InChI is InChI=1S/C15H11NO4/c17-13(10-6-2-1-3-7-10)14(18)16-12-9-5-4-8-11(12)15(19)20/h1-9H,(H,16,18)(H,19,20). The third-order valence-corrected chi connectivity index (χ3v) is 2.65. The van der Waals surface area contributed by atoms with Crippen molar-refractivity contribution >= 4 is 23.3 Å². The Hall–Kier alpha value is -2.95. The lowest BCUT2D eigenvalue weighted by atomic mass is 10.1. The predicted octanol–water partition coefficient (Wildman–Crippen LogP) is 2.21. The molecule has 0 aliphatic heterocycles. The van der Waals surface area contributed by atoms with Crippen molar-refractivity contribution in [2.24, 2.45) is 0 Å². The molecule has 5 heteroatoms. The summed E-state index contributed by atoms with van der Waals surface area (Å²) in [5, 5.41) is 11.3. The lowest BCUT2D eigenvalue weighted by molar-refractivity contribution is -0.112. The van der Waals surface area contributed by atoms with E-state index in [4.69, 9.17) is 5.11 Å². The molecule has 0 heterocycles. The van der Waals surface area contributed by atoms with E-state index < -0.39 is 17.7 Å². The highest BCUT2D eigenvalue weighted by Gasteiger charge is 2.18. The van der Waals surface area contributed by atoms with E-state index in [0.717, 1.165) is 0 Å². The van der Waals surface area contributed by atoms with Gasteiger partial charge in [0.05, 0.1) is 11.3 Å². The number of nitrogens with one attached hydrogen (secondary N) is 1. The molecule has 2 rings (SSSR count). The van der Waals surface area contributed by atoms with Crippen LogP contribution in [-0.2, 0) is 4.79 Å². The first-order chi connectivity index (χ1) is 9.59. The zero-order valence-electron chi connectivity index (χ0n) is 10.4. The number of carboxylic acid groups (broad SMARTS) is 1. The average Bonchev–Trinajstić information content (AvgIpc) is 2.47. The van der Waals surface area contributed by atoms with Gasteiger partial charge in [0.1, 0.15) is 0 Å². The normalized spacial score (nSPS) is 9.80. The number of carbonyl (C=O) groups is 3. The van der Waals surface area contributed by atoms with E-state index in [1.165, 1.54) is 30.3 Å². The van der Waals surface area contributed by atoms with Gasteiger partial charge in [-0.15, -0.1) is 0 Å². The molecule has 0 atom stereocenters. The van der Waals surface area contributed by atoms with Gasteiger partial charge in [-0.2, -0.15) is 0 Å². The van der Waals surface area contributed by atoms with Crippen LogP contribution in [0.4, 0.5) is 5.69 Å². The average molecular weight is 269 g/mol. The minimum absolute atomic E-state index is 0.0679. The Balaban J connectivity index is 2.21. The van der Waals surface area contributed by atoms with Gasteiger partial charge in [-0.25, -0.2) is 4.79 Å². The molecule has 2 aromatic carbocycles. The third-order valence-electron chi connectivity index (χ3n) is 2.65. The molecule has 2 aromatic rings. The summed E-state index contributed by atoms with van der Waals surface area (Å²) in [6.45, 7) is 0. The molecule has 0 aromatic heterocycles. The second kappa shape index (κ2) is 5.79. The molecule has 0 fully saturated rings. The number of para-hydroxylation sites is 1. The summed E-state index contributed by atoms with van der Waals surface area (Å²) in [5.74, 6) is -2.76. The van der Waals surface area contributed by atoms with Crippen molar-refractivity contribution in [3.05, 3.63) is 65.7 Å². The van der Waals surface area contributed by atoms with Crippen LogP contribution in [0.25, 0.3) is 0 Å². The fraction of sp³-hybridized carbons (Fsp3) is 0. The highest BCUT2D eigenvalue weighted by Crippen LogP contribution is 2.15. The fourth-order valence-corrected chi connectivity index (χ4v) is 1.68. The van der Waals surface area contributed by atoms with Crippen LogP contribution in [0.2, 0.25) is 0 Å². The van der Waals surface area contributed by atoms with Crippen molar-refractivity contribution in [1.82, 2.24) is 0 Å². The van der Waals surface area contributed by atoms with Crippen LogP contribution >= 0.6 is 0 Å². The molecule has 0 bridgehead atoms. The number of hydrogen-bond donors (Lipinski definition) is 2. The highest BCUT2D eigenvalue weighted by molar-refractivity contribution is 6.46. The number of benzene rings is 2. The topological polar surface area (TPSA) is 83.5 Å². The van der Waals surface area contributed by atoms with E-state index in [0.29, 0.717) is 0 Å². The minimum atomic E-state index is -1.17. The summed E-state index contributed by atoms with van der Waals surface area (Å²) < 4.78 is 0. The zero-order valence-corrected chi connectivity index (χ0v) is 10.4. The van der Waals surface area contributed by atoms with Crippen molar-refractivity contribution in [2.75, 3.05) is 5.32 Å². The first-order valence-electron chi connectivity index (χ1n) is 5.82. The Morgan fingerprint density at radius 2 is 1.45 bits per heavy atom. The number of hydrogen-bond acceptors (Lipinski definition) is 3. The molecular formula is C15H11NO4. The number of carbonyl (C=O) groups excluding carboxylic acids is 2. The van der Waals surface area contributed by atoms with Gasteiger partial charge in [-0.1, -0.05) is 42.5 Å². The Morgan fingerprint density at radius 3 is 2.10 bits per heavy atom. The van der Waals surface area contributed by atoms with Gasteiger partial charge in [0, 0.05) is 5.56 Å². The summed E-state index contributed by atoms with van der Waals surface area (Å²) in [7, 11) is 0. The lowest BCUT2D eigenvalue weighted by Gasteiger charge is -2.07. The third kappa shape index (κ3) is 2.89. The Bertz CT molecular complexity index is 665. The van der Waals surface area contributed by atoms with Crippen molar-refractivity contribution in [2.45, 2.75) is 0 Å². The first-order valence-corrected chi connectivity index (χ1v) is 5.82. The highest BCUT2D eigenvalue weighted by atomic mass is 16.4. The molecule has 0 aliphatic rings. The summed E-state index contributed by atoms with van der Waals surface area (Å²) in [5.41, 5.74) is 0.272. The monoisotopic (exact) mass is 269 g/mol. The molecule has 100 valence electrons. The van der Waals surface area contributed by atoms with Crippen molar-refractivity contribution < 1.29 is 19.5 Å². The summed E-state index contributed by atoms with van der Waals surface area (Å²) in [6.07, 6.45) is 0. The Kier molecular flexibility index (Phi) is 3.91. The molecule has 20 heavy (non-hydrogen) atoms. The summed E-state index contributed by atoms with van der Waals surface area (Å²) in [6, 6.07) is 14.0. The maximum atomic E-state index is 11.9. The number of amides is 1. The number of ketones is 1. The molecule has 0 spiro atoms. The van der Waals surface area contributed by atoms with Crippen LogP contribution in [-0.4, -0.2) is 22.8 Å². The Labute approximate surface area is 114 Å². The first kappa shape index (κ1) is 13.5. The number of carboxylic acids is 1. The van der Waals surface area contributed by atoms with Crippen LogP contribution < -0.4 is 5.32 Å². The largest absolute Gasteiger partial charge is 0.478 e. The molecule has 1 amide bonds. The molecule has 5 nitrogen and oxygen atoms in total. The zero-order chi connectivity index (χ0) is 14.5. The molecule has 0 unspecified atom stereocenters. The number of Topliss-reactive ketones (excluding diaryl/α,β-unsaturated/α-hetero) is 1. The maximum absolute atomic E-state index is 11.9. The molecule has 2 N–H and O–H groups in total. The van der Waals surface area contributed by atoms with Crippen LogP contribution in [0.3, 0.4) is 0 Å². The number of aromatic carboxylic acids is 1. The van der Waals surface area contributed by atoms with Crippen molar-refractivity contribution in [1.29, 1.82) is 0 Å². The van der Waals surface area contributed by atoms with E-state index in [-0.39, 0.29) is 16.8 Å². The number of anilines is 1. The lowest BCUT2D eigenvalue weighted by Crippen LogP contribution is -2.23. The molecule has 0 saturated heterocycles. The predicted molar refractivity (Wildman–Crippen MR) is 72.8 cm³/mol. The van der Waals surface area contributed by atoms with Crippen molar-refractivity contribution in [3.8, 4) is 0 Å². The van der Waals surface area contributed by atoms with Gasteiger partial charge in [0.25, 0.3) is 11.7 Å². The van der Waals surface area contributed by atoms with E-state index in [1.807, 2.05) is 0 Å². The molecule has 0 aliphatic carbocycles. The van der Waals surface area contributed by atoms with Gasteiger partial charge >= 0.3 is 5.97 Å². The van der Waals surface area contributed by atoms with Crippen molar-refractivity contribution in [3.63, 3.8) is 0 Å². The molecule has 0 saturated carbocycles. The molecular weight excluding hydrogens is 258 g/mol. The van der Waals surface area contributed by atoms with Crippen LogP contribution in [0.1, 0.15) is 20.7 Å². The van der Waals surface area contributed by atoms with Gasteiger partial charge in [0.15, 0.2) is 0 Å². The SMILES string of the molecule is O=C(Nc1ccccc1C(=O)O)C(=O)c1ccccc1. The maximum Gasteiger partial charge on any atom is 0.337 e. The molecule has 0 radical (unpaired) electrons. The van der Waals surface area contributed by atoms with Crippen LogP contribution in [0.5, 0.6) is 0 Å². The van der Waals surface area contributed by atoms with E-state index in [2.05, 4.69) is 5.32 Å². The second-order valence-electron chi connectivity index (χ2n) is 4.00. The second-order valence-corrected chi connectivity index (χ2v) is 4.00. The smallest absolute Gasteiger partial charge is 0.337 e. The van der Waals surface area contributed by atoms with Gasteiger partial charge in [-0.05, 0) is 12.1 Å². The minimum Gasteiger partial charge on any atom is -0.478 e.